The van der Waals surface area contributed by atoms with E-state index in [0.29, 0.717) is 11.3 Å². The molecule has 0 atom stereocenters. The lowest BCUT2D eigenvalue weighted by Crippen LogP contribution is -2.27. The van der Waals surface area contributed by atoms with Crippen molar-refractivity contribution >= 4 is 11.6 Å². The molecule has 0 aromatic carbocycles. The van der Waals surface area contributed by atoms with E-state index < -0.39 is 0 Å². The number of nitrogens with two attached hydrogens (primary N) is 1. The number of rotatable bonds is 3. The SMILES string of the molecule is Nc1cnccc1C(=O)NCCO. The van der Waals surface area contributed by atoms with Crippen LogP contribution in [0.5, 0.6) is 0 Å². The Morgan fingerprint density at radius 2 is 2.46 bits per heavy atom. The molecule has 5 heteroatoms. The lowest BCUT2D eigenvalue weighted by molar-refractivity contribution is 0.0945. The van der Waals surface area contributed by atoms with Gasteiger partial charge in [0.25, 0.3) is 5.91 Å². The van der Waals surface area contributed by atoms with E-state index in [1.807, 2.05) is 0 Å². The summed E-state index contributed by atoms with van der Waals surface area (Å²) in [6, 6.07) is 1.53. The number of nitrogen functional groups attached to an aromatic ring is 1. The summed E-state index contributed by atoms with van der Waals surface area (Å²) in [4.78, 5) is 15.0. The number of hydrogen-bond acceptors (Lipinski definition) is 4. The highest BCUT2D eigenvalue weighted by atomic mass is 16.3. The number of carbonyl (C=O) groups excluding carboxylic acids is 1. The van der Waals surface area contributed by atoms with E-state index in [2.05, 4.69) is 10.3 Å². The van der Waals surface area contributed by atoms with Crippen LogP contribution in [0.1, 0.15) is 10.4 Å². The van der Waals surface area contributed by atoms with Crippen LogP contribution in [0.25, 0.3) is 0 Å². The van der Waals surface area contributed by atoms with E-state index in [9.17, 15) is 4.79 Å². The standard InChI is InChI=1S/C8H11N3O2/c9-7-5-10-2-1-6(7)8(13)11-3-4-12/h1-2,5,12H,3-4,9H2,(H,11,13). The highest BCUT2D eigenvalue weighted by Gasteiger charge is 2.07. The van der Waals surface area contributed by atoms with Gasteiger partial charge in [-0.1, -0.05) is 0 Å². The van der Waals surface area contributed by atoms with Crippen LogP contribution in [0.2, 0.25) is 0 Å². The summed E-state index contributed by atoms with van der Waals surface area (Å²) in [7, 11) is 0. The fourth-order valence-corrected chi connectivity index (χ4v) is 0.878. The van der Waals surface area contributed by atoms with Crippen molar-refractivity contribution in [2.75, 3.05) is 18.9 Å². The van der Waals surface area contributed by atoms with Crippen molar-refractivity contribution in [2.24, 2.45) is 0 Å². The molecule has 5 nitrogen and oxygen atoms in total. The van der Waals surface area contributed by atoms with Crippen molar-refractivity contribution in [2.45, 2.75) is 0 Å². The number of nitrogens with one attached hydrogen (secondary N) is 1. The molecular formula is C8H11N3O2. The third kappa shape index (κ3) is 2.41. The van der Waals surface area contributed by atoms with Crippen LogP contribution in [0.3, 0.4) is 0 Å². The van der Waals surface area contributed by atoms with Crippen molar-refractivity contribution in [3.8, 4) is 0 Å². The third-order valence-electron chi connectivity index (χ3n) is 1.49. The van der Waals surface area contributed by atoms with Gasteiger partial charge < -0.3 is 16.2 Å². The topological polar surface area (TPSA) is 88.2 Å². The maximum Gasteiger partial charge on any atom is 0.253 e. The third-order valence-corrected chi connectivity index (χ3v) is 1.49. The summed E-state index contributed by atoms with van der Waals surface area (Å²) in [5.41, 5.74) is 6.22. The molecule has 1 amide bonds. The average molecular weight is 181 g/mol. The van der Waals surface area contributed by atoms with Crippen LogP contribution in [0.15, 0.2) is 18.5 Å². The molecule has 0 aliphatic heterocycles. The molecule has 1 rings (SSSR count). The predicted octanol–water partition coefficient (Wildman–Crippen LogP) is -0.614. The Bertz CT molecular complexity index is 301. The van der Waals surface area contributed by atoms with Crippen LogP contribution < -0.4 is 11.1 Å². The minimum Gasteiger partial charge on any atom is -0.397 e. The summed E-state index contributed by atoms with van der Waals surface area (Å²) in [6.07, 6.45) is 2.90. The molecule has 0 saturated heterocycles. The second-order valence-corrected chi connectivity index (χ2v) is 2.44. The number of pyridine rings is 1. The van der Waals surface area contributed by atoms with Gasteiger partial charge in [0.2, 0.25) is 0 Å². The molecular weight excluding hydrogens is 170 g/mol. The molecule has 1 aromatic heterocycles. The van der Waals surface area contributed by atoms with Gasteiger partial charge in [-0.2, -0.15) is 0 Å². The lowest BCUT2D eigenvalue weighted by atomic mass is 10.2. The number of carbonyl (C=O) groups is 1. The number of amides is 1. The van der Waals surface area contributed by atoms with Crippen molar-refractivity contribution < 1.29 is 9.90 Å². The van der Waals surface area contributed by atoms with Gasteiger partial charge in [-0.3, -0.25) is 9.78 Å². The predicted molar refractivity (Wildman–Crippen MR) is 48.1 cm³/mol. The maximum atomic E-state index is 11.3. The first-order valence-corrected chi connectivity index (χ1v) is 3.84. The van der Waals surface area contributed by atoms with Gasteiger partial charge in [-0.15, -0.1) is 0 Å². The summed E-state index contributed by atoms with van der Waals surface area (Å²) >= 11 is 0. The first-order valence-electron chi connectivity index (χ1n) is 3.84. The summed E-state index contributed by atoms with van der Waals surface area (Å²) in [5, 5.41) is 11.0. The van der Waals surface area contributed by atoms with Crippen LogP contribution in [0.4, 0.5) is 5.69 Å². The fraction of sp³-hybridized carbons (Fsp3) is 0.250. The van der Waals surface area contributed by atoms with E-state index in [1.165, 1.54) is 18.5 Å². The first kappa shape index (κ1) is 9.47. The zero-order valence-electron chi connectivity index (χ0n) is 7.03. The Labute approximate surface area is 75.6 Å². The van der Waals surface area contributed by atoms with Crippen LogP contribution in [-0.4, -0.2) is 29.1 Å². The zero-order chi connectivity index (χ0) is 9.68. The Morgan fingerprint density at radius 3 is 3.08 bits per heavy atom. The Morgan fingerprint density at radius 1 is 1.69 bits per heavy atom. The monoisotopic (exact) mass is 181 g/mol. The van der Waals surface area contributed by atoms with Gasteiger partial charge >= 0.3 is 0 Å². The van der Waals surface area contributed by atoms with Crippen LogP contribution >= 0.6 is 0 Å². The average Bonchev–Trinajstić information content (AvgIpc) is 2.15. The van der Waals surface area contributed by atoms with Gasteiger partial charge in [-0.25, -0.2) is 0 Å². The Balaban J connectivity index is 2.71. The molecule has 13 heavy (non-hydrogen) atoms. The van der Waals surface area contributed by atoms with Gasteiger partial charge in [0.05, 0.1) is 24.1 Å². The summed E-state index contributed by atoms with van der Waals surface area (Å²) in [5.74, 6) is -0.297. The smallest absolute Gasteiger partial charge is 0.253 e. The number of aliphatic hydroxyl groups is 1. The highest BCUT2D eigenvalue weighted by molar-refractivity contribution is 5.98. The van der Waals surface area contributed by atoms with E-state index in [0.717, 1.165) is 0 Å². The minimum atomic E-state index is -0.297. The molecule has 0 fully saturated rings. The second kappa shape index (κ2) is 4.42. The van der Waals surface area contributed by atoms with Crippen molar-refractivity contribution in [1.29, 1.82) is 0 Å². The van der Waals surface area contributed by atoms with E-state index in [-0.39, 0.29) is 19.1 Å². The highest BCUT2D eigenvalue weighted by Crippen LogP contribution is 2.07. The number of nitrogens with zero attached hydrogens (tertiary/aromatic N) is 1. The molecule has 0 spiro atoms. The molecule has 1 aromatic rings. The number of anilines is 1. The molecule has 0 unspecified atom stereocenters. The minimum absolute atomic E-state index is 0.0866. The van der Waals surface area contributed by atoms with Crippen molar-refractivity contribution in [3.63, 3.8) is 0 Å². The molecule has 70 valence electrons. The molecule has 0 aliphatic carbocycles. The molecule has 4 N–H and O–H groups in total. The van der Waals surface area contributed by atoms with Gasteiger partial charge in [-0.05, 0) is 6.07 Å². The van der Waals surface area contributed by atoms with Gasteiger partial charge in [0.15, 0.2) is 0 Å². The summed E-state index contributed by atoms with van der Waals surface area (Å²) in [6.45, 7) is 0.136. The molecule has 1 heterocycles. The molecule has 0 aliphatic rings. The molecule has 0 radical (unpaired) electrons. The second-order valence-electron chi connectivity index (χ2n) is 2.44. The molecule has 0 bridgehead atoms. The quantitative estimate of drug-likeness (QED) is 0.580. The Hall–Kier alpha value is -1.62. The van der Waals surface area contributed by atoms with Gasteiger partial charge in [0, 0.05) is 12.7 Å². The number of aromatic nitrogens is 1. The van der Waals surface area contributed by atoms with Crippen LogP contribution in [-0.2, 0) is 0 Å². The van der Waals surface area contributed by atoms with Gasteiger partial charge in [0.1, 0.15) is 0 Å². The summed E-state index contributed by atoms with van der Waals surface area (Å²) < 4.78 is 0. The Kier molecular flexibility index (Phi) is 3.22. The van der Waals surface area contributed by atoms with E-state index >= 15 is 0 Å². The molecule has 0 saturated carbocycles. The van der Waals surface area contributed by atoms with Crippen LogP contribution in [0, 0.1) is 0 Å². The van der Waals surface area contributed by atoms with Crippen molar-refractivity contribution in [1.82, 2.24) is 10.3 Å². The largest absolute Gasteiger partial charge is 0.397 e. The van der Waals surface area contributed by atoms with E-state index in [1.54, 1.807) is 0 Å². The number of aliphatic hydroxyl groups excluding tert-OH is 1. The van der Waals surface area contributed by atoms with Crippen molar-refractivity contribution in [3.05, 3.63) is 24.0 Å². The maximum absolute atomic E-state index is 11.3. The lowest BCUT2D eigenvalue weighted by Gasteiger charge is -2.04. The number of hydrogen-bond donors (Lipinski definition) is 3. The first-order chi connectivity index (χ1) is 6.25. The zero-order valence-corrected chi connectivity index (χ0v) is 7.03. The fourth-order valence-electron chi connectivity index (χ4n) is 0.878. The van der Waals surface area contributed by atoms with E-state index in [4.69, 9.17) is 10.8 Å². The normalized spacial score (nSPS) is 9.62.